The molecule has 8 nitrogen and oxygen atoms in total. The predicted molar refractivity (Wildman–Crippen MR) is 143 cm³/mol. The second-order valence-corrected chi connectivity index (χ2v) is 10.7. The van der Waals surface area contributed by atoms with E-state index < -0.39 is 51.6 Å². The molecule has 1 heterocycles. The topological polar surface area (TPSA) is 107 Å². The minimum atomic E-state index is -4.80. The fraction of sp³-hybridized carbons (Fsp3) is 0.0800. The van der Waals surface area contributed by atoms with Crippen LogP contribution in [-0.2, 0) is 11.0 Å². The Bertz CT molecular complexity index is 1540. The molecule has 0 radical (unpaired) electrons. The van der Waals surface area contributed by atoms with Gasteiger partial charge in [-0.3, -0.25) is 29.4 Å². The zero-order valence-electron chi connectivity index (χ0n) is 19.2. The SMILES string of the molecule is O=C(CN1C(=O)S/C(=C/c2cc(Br)ccc2Oc2ccc(C(F)(F)F)cc2[N+](=O)[O-])C1=O)c1ccc(Br)cc1. The van der Waals surface area contributed by atoms with Crippen LogP contribution in [0.4, 0.5) is 23.7 Å². The third kappa shape index (κ3) is 6.57. The molecule has 39 heavy (non-hydrogen) atoms. The molecule has 0 atom stereocenters. The summed E-state index contributed by atoms with van der Waals surface area (Å²) in [5.41, 5.74) is -1.63. The van der Waals surface area contributed by atoms with E-state index in [9.17, 15) is 37.7 Å². The van der Waals surface area contributed by atoms with Gasteiger partial charge >= 0.3 is 11.9 Å². The van der Waals surface area contributed by atoms with Crippen LogP contribution in [0.25, 0.3) is 6.08 Å². The van der Waals surface area contributed by atoms with Gasteiger partial charge in [0.2, 0.25) is 5.75 Å². The molecule has 0 bridgehead atoms. The lowest BCUT2D eigenvalue weighted by Crippen LogP contribution is -2.33. The van der Waals surface area contributed by atoms with E-state index in [1.54, 1.807) is 24.3 Å². The van der Waals surface area contributed by atoms with Crippen molar-refractivity contribution >= 4 is 72.3 Å². The number of nitro benzene ring substituents is 1. The molecule has 1 fully saturated rings. The highest BCUT2D eigenvalue weighted by Crippen LogP contribution is 2.40. The maximum Gasteiger partial charge on any atom is 0.416 e. The first-order chi connectivity index (χ1) is 18.3. The number of carbonyl (C=O) groups is 3. The van der Waals surface area contributed by atoms with Gasteiger partial charge in [0.1, 0.15) is 5.75 Å². The van der Waals surface area contributed by atoms with Crippen molar-refractivity contribution in [2.75, 3.05) is 6.54 Å². The van der Waals surface area contributed by atoms with E-state index >= 15 is 0 Å². The number of rotatable bonds is 7. The Balaban J connectivity index is 1.62. The summed E-state index contributed by atoms with van der Waals surface area (Å²) in [6.07, 6.45) is -3.50. The van der Waals surface area contributed by atoms with Crippen LogP contribution in [0.1, 0.15) is 21.5 Å². The first-order valence-electron chi connectivity index (χ1n) is 10.7. The number of Topliss-reactive ketones (excluding diaryl/α,β-unsaturated/α-hetero) is 1. The van der Waals surface area contributed by atoms with Gasteiger partial charge in [-0.1, -0.05) is 44.0 Å². The highest BCUT2D eigenvalue weighted by Gasteiger charge is 2.37. The molecule has 2 amide bonds. The van der Waals surface area contributed by atoms with E-state index in [1.165, 1.54) is 24.3 Å². The summed E-state index contributed by atoms with van der Waals surface area (Å²) in [5.74, 6) is -1.67. The number of alkyl halides is 3. The van der Waals surface area contributed by atoms with Crippen LogP contribution < -0.4 is 4.74 Å². The first-order valence-corrected chi connectivity index (χ1v) is 13.1. The number of ketones is 1. The highest BCUT2D eigenvalue weighted by molar-refractivity contribution is 9.10. The Morgan fingerprint density at radius 2 is 1.64 bits per heavy atom. The lowest BCUT2D eigenvalue weighted by Gasteiger charge is -2.12. The fourth-order valence-electron chi connectivity index (χ4n) is 3.41. The molecule has 0 saturated carbocycles. The van der Waals surface area contributed by atoms with E-state index in [1.807, 2.05) is 0 Å². The Labute approximate surface area is 239 Å². The minimum Gasteiger partial charge on any atom is -0.449 e. The Hall–Kier alpha value is -3.49. The van der Waals surface area contributed by atoms with Crippen molar-refractivity contribution in [1.29, 1.82) is 0 Å². The lowest BCUT2D eigenvalue weighted by atomic mass is 10.1. The number of benzene rings is 3. The maximum absolute atomic E-state index is 13.1. The van der Waals surface area contributed by atoms with Crippen LogP contribution >= 0.6 is 43.6 Å². The fourth-order valence-corrected chi connectivity index (χ4v) is 4.89. The van der Waals surface area contributed by atoms with Crippen LogP contribution in [0.5, 0.6) is 11.5 Å². The number of carbonyl (C=O) groups excluding carboxylic acids is 3. The van der Waals surface area contributed by atoms with Crippen LogP contribution in [0.15, 0.2) is 74.5 Å². The zero-order chi connectivity index (χ0) is 28.5. The third-order valence-electron chi connectivity index (χ3n) is 5.30. The molecule has 14 heteroatoms. The number of imide groups is 1. The zero-order valence-corrected chi connectivity index (χ0v) is 23.2. The predicted octanol–water partition coefficient (Wildman–Crippen LogP) is 7.85. The molecule has 0 aromatic heterocycles. The van der Waals surface area contributed by atoms with Crippen LogP contribution in [-0.4, -0.2) is 33.3 Å². The monoisotopic (exact) mass is 684 g/mol. The van der Waals surface area contributed by atoms with Gasteiger partial charge in [0.25, 0.3) is 11.1 Å². The van der Waals surface area contributed by atoms with Gasteiger partial charge in [0.05, 0.1) is 21.9 Å². The first kappa shape index (κ1) is 28.5. The molecule has 0 spiro atoms. The highest BCUT2D eigenvalue weighted by atomic mass is 79.9. The van der Waals surface area contributed by atoms with Gasteiger partial charge in [-0.25, -0.2) is 0 Å². The lowest BCUT2D eigenvalue weighted by molar-refractivity contribution is -0.385. The van der Waals surface area contributed by atoms with Crippen LogP contribution in [0.2, 0.25) is 0 Å². The average Bonchev–Trinajstić information content (AvgIpc) is 3.12. The van der Waals surface area contributed by atoms with Gasteiger partial charge in [0, 0.05) is 26.1 Å². The smallest absolute Gasteiger partial charge is 0.416 e. The second-order valence-electron chi connectivity index (χ2n) is 7.92. The largest absolute Gasteiger partial charge is 0.449 e. The average molecular weight is 686 g/mol. The third-order valence-corrected chi connectivity index (χ3v) is 7.23. The summed E-state index contributed by atoms with van der Waals surface area (Å²) in [6.45, 7) is -0.483. The van der Waals surface area contributed by atoms with Crippen molar-refractivity contribution in [2.24, 2.45) is 0 Å². The molecule has 4 rings (SSSR count). The van der Waals surface area contributed by atoms with Crippen LogP contribution in [0.3, 0.4) is 0 Å². The van der Waals surface area contributed by atoms with Crippen molar-refractivity contribution in [3.05, 3.63) is 101 Å². The number of ether oxygens (including phenoxy) is 1. The molecule has 0 unspecified atom stereocenters. The maximum atomic E-state index is 13.1. The van der Waals surface area contributed by atoms with Gasteiger partial charge in [0.15, 0.2) is 5.78 Å². The van der Waals surface area contributed by atoms with Crippen molar-refractivity contribution in [3.8, 4) is 11.5 Å². The molecule has 0 aliphatic carbocycles. The Morgan fingerprint density at radius 3 is 2.28 bits per heavy atom. The van der Waals surface area contributed by atoms with Crippen molar-refractivity contribution in [3.63, 3.8) is 0 Å². The summed E-state index contributed by atoms with van der Waals surface area (Å²) >= 11 is 7.11. The molecule has 1 aliphatic rings. The number of hydrogen-bond donors (Lipinski definition) is 0. The number of hydrogen-bond acceptors (Lipinski definition) is 7. The summed E-state index contributed by atoms with van der Waals surface area (Å²) < 4.78 is 46.0. The van der Waals surface area contributed by atoms with Gasteiger partial charge in [-0.05, 0) is 60.3 Å². The van der Waals surface area contributed by atoms with E-state index in [0.29, 0.717) is 33.9 Å². The van der Waals surface area contributed by atoms with Gasteiger partial charge < -0.3 is 4.74 Å². The van der Waals surface area contributed by atoms with Gasteiger partial charge in [-0.2, -0.15) is 13.2 Å². The standard InChI is InChI=1S/C25H13Br2F3N2O6S/c26-16-4-1-13(2-5-16)19(33)12-31-23(34)22(39-24(31)35)10-14-9-17(27)6-8-20(14)38-21-7-3-15(25(28,29)30)11-18(21)32(36)37/h1-11H,12H2/b22-10+. The number of amides is 2. The molecule has 3 aromatic rings. The molecule has 1 saturated heterocycles. The van der Waals surface area contributed by atoms with Crippen LogP contribution in [0, 0.1) is 10.1 Å². The molecular formula is C25H13Br2F3N2O6S. The number of nitro groups is 1. The molecule has 3 aromatic carbocycles. The quantitative estimate of drug-likeness (QED) is 0.108. The molecule has 1 aliphatic heterocycles. The van der Waals surface area contributed by atoms with E-state index in [-0.39, 0.29) is 16.2 Å². The molecular weight excluding hydrogens is 673 g/mol. The van der Waals surface area contributed by atoms with Crippen molar-refractivity contribution in [2.45, 2.75) is 6.18 Å². The Kier molecular flexibility index (Phi) is 8.28. The number of thioether (sulfide) groups is 1. The van der Waals surface area contributed by atoms with Crippen molar-refractivity contribution < 1.29 is 37.2 Å². The minimum absolute atomic E-state index is 0.0289. The summed E-state index contributed by atoms with van der Waals surface area (Å²) in [7, 11) is 0. The van der Waals surface area contributed by atoms with E-state index in [4.69, 9.17) is 4.74 Å². The van der Waals surface area contributed by atoms with E-state index in [0.717, 1.165) is 15.4 Å². The summed E-state index contributed by atoms with van der Waals surface area (Å²) in [6, 6.07) is 12.6. The van der Waals surface area contributed by atoms with Gasteiger partial charge in [-0.15, -0.1) is 0 Å². The second kappa shape index (κ2) is 11.3. The van der Waals surface area contributed by atoms with Crippen molar-refractivity contribution in [1.82, 2.24) is 4.90 Å². The Morgan fingerprint density at radius 1 is 1.00 bits per heavy atom. The number of nitrogens with zero attached hydrogens (tertiary/aromatic N) is 2. The molecule has 200 valence electrons. The molecule has 0 N–H and O–H groups in total. The normalized spacial score (nSPS) is 14.7. The van der Waals surface area contributed by atoms with E-state index in [2.05, 4.69) is 31.9 Å². The number of halogens is 5. The summed E-state index contributed by atoms with van der Waals surface area (Å²) in [5, 5.41) is 10.8. The summed E-state index contributed by atoms with van der Waals surface area (Å²) in [4.78, 5) is 49.3.